The third-order valence-electron chi connectivity index (χ3n) is 3.78. The van der Waals surface area contributed by atoms with Crippen molar-refractivity contribution < 1.29 is 0 Å². The number of likely N-dealkylation sites (tertiary alicyclic amines) is 1. The predicted molar refractivity (Wildman–Crippen MR) is 77.9 cm³/mol. The van der Waals surface area contributed by atoms with Gasteiger partial charge < -0.3 is 5.73 Å². The third kappa shape index (κ3) is 3.11. The lowest BCUT2D eigenvalue weighted by atomic mass is 9.91. The van der Waals surface area contributed by atoms with Crippen LogP contribution in [0.3, 0.4) is 0 Å². The van der Waals surface area contributed by atoms with Crippen molar-refractivity contribution >= 4 is 5.82 Å². The zero-order chi connectivity index (χ0) is 13.8. The first-order chi connectivity index (χ1) is 9.81. The topological polar surface area (TPSA) is 67.9 Å². The molecule has 2 N–H and O–H groups in total. The number of anilines is 1. The molecule has 0 unspecified atom stereocenters. The van der Waals surface area contributed by atoms with Gasteiger partial charge in [0.15, 0.2) is 0 Å². The maximum absolute atomic E-state index is 5.71. The fourth-order valence-electron chi connectivity index (χ4n) is 2.80. The smallest absolute Gasteiger partial charge is 0.144 e. The number of nitrogens with two attached hydrogens (primary N) is 1. The Hall–Kier alpha value is -2.01. The molecule has 0 spiro atoms. The molecule has 5 heteroatoms. The Balaban J connectivity index is 1.66. The Labute approximate surface area is 118 Å². The largest absolute Gasteiger partial charge is 0.384 e. The summed E-state index contributed by atoms with van der Waals surface area (Å²) in [6, 6.07) is 5.95. The van der Waals surface area contributed by atoms with E-state index >= 15 is 0 Å². The molecule has 0 amide bonds. The Kier molecular flexibility index (Phi) is 3.87. The van der Waals surface area contributed by atoms with Crippen molar-refractivity contribution in [2.24, 2.45) is 0 Å². The SMILES string of the molecule is Nc1ccnc(CN2CCC[C@H](c3ccncc3)C2)n1. The van der Waals surface area contributed by atoms with Gasteiger partial charge in [0, 0.05) is 25.1 Å². The molecule has 20 heavy (non-hydrogen) atoms. The number of hydrogen-bond acceptors (Lipinski definition) is 5. The van der Waals surface area contributed by atoms with Crippen molar-refractivity contribution in [3.63, 3.8) is 0 Å². The van der Waals surface area contributed by atoms with E-state index in [2.05, 4.69) is 32.0 Å². The van der Waals surface area contributed by atoms with Crippen LogP contribution >= 0.6 is 0 Å². The van der Waals surface area contributed by atoms with Crippen LogP contribution in [0.4, 0.5) is 5.82 Å². The Morgan fingerprint density at radius 3 is 2.85 bits per heavy atom. The minimum Gasteiger partial charge on any atom is -0.384 e. The highest BCUT2D eigenvalue weighted by atomic mass is 15.2. The van der Waals surface area contributed by atoms with Gasteiger partial charge in [-0.15, -0.1) is 0 Å². The van der Waals surface area contributed by atoms with E-state index < -0.39 is 0 Å². The van der Waals surface area contributed by atoms with Gasteiger partial charge in [-0.1, -0.05) is 0 Å². The summed E-state index contributed by atoms with van der Waals surface area (Å²) in [5.41, 5.74) is 7.08. The average molecular weight is 269 g/mol. The molecule has 0 aromatic carbocycles. The molecular weight excluding hydrogens is 250 g/mol. The van der Waals surface area contributed by atoms with E-state index in [0.29, 0.717) is 11.7 Å². The van der Waals surface area contributed by atoms with Crippen LogP contribution in [0.2, 0.25) is 0 Å². The zero-order valence-corrected chi connectivity index (χ0v) is 11.4. The number of rotatable bonds is 3. The molecule has 5 nitrogen and oxygen atoms in total. The van der Waals surface area contributed by atoms with Gasteiger partial charge in [0.25, 0.3) is 0 Å². The number of piperidine rings is 1. The molecule has 2 aromatic heterocycles. The summed E-state index contributed by atoms with van der Waals surface area (Å²) >= 11 is 0. The molecule has 1 saturated heterocycles. The molecule has 3 heterocycles. The van der Waals surface area contributed by atoms with Crippen LogP contribution in [0, 0.1) is 0 Å². The summed E-state index contributed by atoms with van der Waals surface area (Å²) in [5, 5.41) is 0. The van der Waals surface area contributed by atoms with Crippen LogP contribution in [0.1, 0.15) is 30.1 Å². The van der Waals surface area contributed by atoms with Crippen LogP contribution < -0.4 is 5.73 Å². The van der Waals surface area contributed by atoms with E-state index in [1.807, 2.05) is 12.4 Å². The van der Waals surface area contributed by atoms with E-state index in [1.165, 1.54) is 18.4 Å². The summed E-state index contributed by atoms with van der Waals surface area (Å²) in [6.07, 6.45) is 7.90. The van der Waals surface area contributed by atoms with Gasteiger partial charge in [-0.25, -0.2) is 9.97 Å². The second-order valence-corrected chi connectivity index (χ2v) is 5.25. The van der Waals surface area contributed by atoms with E-state index in [-0.39, 0.29) is 0 Å². The molecule has 1 aliphatic rings. The van der Waals surface area contributed by atoms with Gasteiger partial charge in [-0.2, -0.15) is 0 Å². The van der Waals surface area contributed by atoms with Gasteiger partial charge in [0.05, 0.1) is 6.54 Å². The maximum atomic E-state index is 5.71. The van der Waals surface area contributed by atoms with Crippen LogP contribution in [-0.2, 0) is 6.54 Å². The first-order valence-electron chi connectivity index (χ1n) is 7.01. The maximum Gasteiger partial charge on any atom is 0.144 e. The molecular formula is C15H19N5. The molecule has 1 aliphatic heterocycles. The number of hydrogen-bond donors (Lipinski definition) is 1. The molecule has 1 atom stereocenters. The number of nitrogen functional groups attached to an aromatic ring is 1. The van der Waals surface area contributed by atoms with Crippen molar-refractivity contribution in [3.8, 4) is 0 Å². The summed E-state index contributed by atoms with van der Waals surface area (Å²) in [6.45, 7) is 2.91. The Morgan fingerprint density at radius 1 is 1.20 bits per heavy atom. The second kappa shape index (κ2) is 5.96. The number of pyridine rings is 1. The quantitative estimate of drug-likeness (QED) is 0.920. The Bertz CT molecular complexity index is 557. The molecule has 0 aliphatic carbocycles. The molecule has 1 fully saturated rings. The fourth-order valence-corrected chi connectivity index (χ4v) is 2.80. The van der Waals surface area contributed by atoms with Crippen LogP contribution in [0.25, 0.3) is 0 Å². The fraction of sp³-hybridized carbons (Fsp3) is 0.400. The highest BCUT2D eigenvalue weighted by Gasteiger charge is 2.21. The second-order valence-electron chi connectivity index (χ2n) is 5.25. The van der Waals surface area contributed by atoms with Gasteiger partial charge in [-0.3, -0.25) is 9.88 Å². The van der Waals surface area contributed by atoms with Gasteiger partial charge >= 0.3 is 0 Å². The first-order valence-corrected chi connectivity index (χ1v) is 7.01. The molecule has 3 rings (SSSR count). The molecule has 2 aromatic rings. The van der Waals surface area contributed by atoms with Gasteiger partial charge in [0.1, 0.15) is 11.6 Å². The lowest BCUT2D eigenvalue weighted by molar-refractivity contribution is 0.196. The molecule has 104 valence electrons. The predicted octanol–water partition coefficient (Wildman–Crippen LogP) is 1.83. The zero-order valence-electron chi connectivity index (χ0n) is 11.4. The third-order valence-corrected chi connectivity index (χ3v) is 3.78. The van der Waals surface area contributed by atoms with Crippen molar-refractivity contribution in [1.82, 2.24) is 19.9 Å². The number of nitrogens with zero attached hydrogens (tertiary/aromatic N) is 4. The summed E-state index contributed by atoms with van der Waals surface area (Å²) in [4.78, 5) is 15.1. The minimum atomic E-state index is 0.540. The lowest BCUT2D eigenvalue weighted by Crippen LogP contribution is -2.34. The highest BCUT2D eigenvalue weighted by molar-refractivity contribution is 5.25. The standard InChI is InChI=1S/C15H19N5/c16-14-5-8-18-15(19-14)11-20-9-1-2-13(10-20)12-3-6-17-7-4-12/h3-8,13H,1-2,9-11H2,(H2,16,18,19)/t13-/m0/s1. The minimum absolute atomic E-state index is 0.540. The van der Waals surface area contributed by atoms with Gasteiger partial charge in [-0.05, 0) is 49.1 Å². The van der Waals surface area contributed by atoms with Crippen molar-refractivity contribution in [1.29, 1.82) is 0 Å². The first kappa shape index (κ1) is 13.0. The highest BCUT2D eigenvalue weighted by Crippen LogP contribution is 2.26. The van der Waals surface area contributed by atoms with Gasteiger partial charge in [0.2, 0.25) is 0 Å². The summed E-state index contributed by atoms with van der Waals surface area (Å²) in [7, 11) is 0. The average Bonchev–Trinajstić information content (AvgIpc) is 2.48. The summed E-state index contributed by atoms with van der Waals surface area (Å²) < 4.78 is 0. The van der Waals surface area contributed by atoms with Crippen LogP contribution in [0.5, 0.6) is 0 Å². The van der Waals surface area contributed by atoms with Crippen molar-refractivity contribution in [2.75, 3.05) is 18.8 Å². The van der Waals surface area contributed by atoms with Crippen molar-refractivity contribution in [2.45, 2.75) is 25.3 Å². The van der Waals surface area contributed by atoms with Crippen molar-refractivity contribution in [3.05, 3.63) is 48.2 Å². The molecule has 0 saturated carbocycles. The summed E-state index contributed by atoms with van der Waals surface area (Å²) in [5.74, 6) is 1.92. The monoisotopic (exact) mass is 269 g/mol. The van der Waals surface area contributed by atoms with E-state index in [0.717, 1.165) is 25.5 Å². The van der Waals surface area contributed by atoms with E-state index in [9.17, 15) is 0 Å². The normalized spacial score (nSPS) is 19.9. The number of aromatic nitrogens is 3. The lowest BCUT2D eigenvalue weighted by Gasteiger charge is -2.32. The van der Waals surface area contributed by atoms with Crippen LogP contribution in [0.15, 0.2) is 36.8 Å². The van der Waals surface area contributed by atoms with Crippen LogP contribution in [-0.4, -0.2) is 32.9 Å². The Morgan fingerprint density at radius 2 is 2.05 bits per heavy atom. The van der Waals surface area contributed by atoms with E-state index in [1.54, 1.807) is 12.3 Å². The van der Waals surface area contributed by atoms with E-state index in [4.69, 9.17) is 5.73 Å². The molecule has 0 radical (unpaired) electrons. The molecule has 0 bridgehead atoms.